The van der Waals surface area contributed by atoms with E-state index >= 15 is 0 Å². The minimum atomic E-state index is 0.723. The molecule has 1 aromatic carbocycles. The van der Waals surface area contributed by atoms with E-state index in [0.717, 1.165) is 37.6 Å². The molecule has 0 saturated carbocycles. The molecule has 0 aromatic heterocycles. The SMILES string of the molecule is CCCOc1c[c]ccc1OCCC. The van der Waals surface area contributed by atoms with Gasteiger partial charge in [-0.25, -0.2) is 0 Å². The molecule has 0 atom stereocenters. The third kappa shape index (κ3) is 3.29. The van der Waals surface area contributed by atoms with Crippen LogP contribution >= 0.6 is 0 Å². The summed E-state index contributed by atoms with van der Waals surface area (Å²) in [6.07, 6.45) is 2.01. The molecule has 0 N–H and O–H groups in total. The fourth-order valence-electron chi connectivity index (χ4n) is 1.06. The molecule has 1 aromatic rings. The van der Waals surface area contributed by atoms with Crippen LogP contribution in [0.15, 0.2) is 18.2 Å². The second-order valence-electron chi connectivity index (χ2n) is 3.07. The van der Waals surface area contributed by atoms with Crippen LogP contribution in [0.25, 0.3) is 0 Å². The highest BCUT2D eigenvalue weighted by molar-refractivity contribution is 5.38. The highest BCUT2D eigenvalue weighted by Crippen LogP contribution is 2.26. The maximum Gasteiger partial charge on any atom is 0.161 e. The van der Waals surface area contributed by atoms with Gasteiger partial charge in [0.25, 0.3) is 0 Å². The molecule has 0 aliphatic carbocycles. The fourth-order valence-corrected chi connectivity index (χ4v) is 1.06. The third-order valence-corrected chi connectivity index (χ3v) is 1.71. The number of ether oxygens (including phenoxy) is 2. The van der Waals surface area contributed by atoms with Crippen LogP contribution in [0.2, 0.25) is 0 Å². The summed E-state index contributed by atoms with van der Waals surface area (Å²) in [7, 11) is 0. The van der Waals surface area contributed by atoms with Gasteiger partial charge in [0, 0.05) is 0 Å². The van der Waals surface area contributed by atoms with Crippen molar-refractivity contribution < 1.29 is 9.47 Å². The summed E-state index contributed by atoms with van der Waals surface area (Å²) >= 11 is 0. The second-order valence-corrected chi connectivity index (χ2v) is 3.07. The molecule has 0 amide bonds. The van der Waals surface area contributed by atoms with Gasteiger partial charge in [0.2, 0.25) is 0 Å². The Morgan fingerprint density at radius 1 is 1.07 bits per heavy atom. The Hall–Kier alpha value is -1.18. The molecule has 0 heterocycles. The molecular formula is C12H17O2. The largest absolute Gasteiger partial charge is 0.490 e. The zero-order valence-corrected chi connectivity index (χ0v) is 8.88. The highest BCUT2D eigenvalue weighted by atomic mass is 16.5. The Balaban J connectivity index is 2.60. The van der Waals surface area contributed by atoms with Crippen molar-refractivity contribution in [3.05, 3.63) is 24.3 Å². The summed E-state index contributed by atoms with van der Waals surface area (Å²) < 4.78 is 11.1. The summed E-state index contributed by atoms with van der Waals surface area (Å²) in [5, 5.41) is 0. The van der Waals surface area contributed by atoms with Crippen LogP contribution in [-0.4, -0.2) is 13.2 Å². The minimum Gasteiger partial charge on any atom is -0.490 e. The quantitative estimate of drug-likeness (QED) is 0.691. The first-order chi connectivity index (χ1) is 6.88. The predicted octanol–water partition coefficient (Wildman–Crippen LogP) is 3.06. The summed E-state index contributed by atoms with van der Waals surface area (Å²) in [5.41, 5.74) is 0. The fraction of sp³-hybridized carbons (Fsp3) is 0.500. The second kappa shape index (κ2) is 6.30. The third-order valence-electron chi connectivity index (χ3n) is 1.71. The van der Waals surface area contributed by atoms with Crippen molar-refractivity contribution in [2.24, 2.45) is 0 Å². The molecule has 0 aliphatic heterocycles. The zero-order valence-electron chi connectivity index (χ0n) is 8.88. The number of hydrogen-bond acceptors (Lipinski definition) is 2. The van der Waals surface area contributed by atoms with Crippen LogP contribution in [0.5, 0.6) is 11.5 Å². The number of benzene rings is 1. The molecule has 0 fully saturated rings. The first kappa shape index (κ1) is 10.9. The number of hydrogen-bond donors (Lipinski definition) is 0. The van der Waals surface area contributed by atoms with Crippen molar-refractivity contribution in [1.82, 2.24) is 0 Å². The lowest BCUT2D eigenvalue weighted by Crippen LogP contribution is -2.00. The van der Waals surface area contributed by atoms with Crippen LogP contribution in [-0.2, 0) is 0 Å². The molecule has 0 aliphatic rings. The summed E-state index contributed by atoms with van der Waals surface area (Å²) in [4.78, 5) is 0. The van der Waals surface area contributed by atoms with Gasteiger partial charge < -0.3 is 9.47 Å². The first-order valence-electron chi connectivity index (χ1n) is 5.14. The van der Waals surface area contributed by atoms with Crippen LogP contribution in [0.4, 0.5) is 0 Å². The van der Waals surface area contributed by atoms with E-state index in [1.54, 1.807) is 0 Å². The van der Waals surface area contributed by atoms with Crippen molar-refractivity contribution in [2.75, 3.05) is 13.2 Å². The van der Waals surface area contributed by atoms with Crippen LogP contribution < -0.4 is 9.47 Å². The lowest BCUT2D eigenvalue weighted by molar-refractivity contribution is 0.268. The van der Waals surface area contributed by atoms with Gasteiger partial charge in [-0.15, -0.1) is 0 Å². The molecule has 0 bridgehead atoms. The van der Waals surface area contributed by atoms with Gasteiger partial charge >= 0.3 is 0 Å². The van der Waals surface area contributed by atoms with Crippen LogP contribution in [0, 0.1) is 6.07 Å². The average Bonchev–Trinajstić information content (AvgIpc) is 2.24. The summed E-state index contributed by atoms with van der Waals surface area (Å²) in [5.74, 6) is 1.61. The molecule has 77 valence electrons. The lowest BCUT2D eigenvalue weighted by atomic mass is 10.3. The van der Waals surface area contributed by atoms with Crippen molar-refractivity contribution in [3.8, 4) is 11.5 Å². The van der Waals surface area contributed by atoms with Gasteiger partial charge in [-0.3, -0.25) is 0 Å². The summed E-state index contributed by atoms with van der Waals surface area (Å²) in [6, 6.07) is 8.53. The first-order valence-corrected chi connectivity index (χ1v) is 5.14. The van der Waals surface area contributed by atoms with Gasteiger partial charge in [0.15, 0.2) is 11.5 Å². The van der Waals surface area contributed by atoms with Crippen molar-refractivity contribution in [2.45, 2.75) is 26.7 Å². The Morgan fingerprint density at radius 2 is 1.71 bits per heavy atom. The Morgan fingerprint density at radius 3 is 2.36 bits per heavy atom. The molecule has 0 spiro atoms. The van der Waals surface area contributed by atoms with Crippen molar-refractivity contribution in [1.29, 1.82) is 0 Å². The molecule has 1 rings (SSSR count). The maximum atomic E-state index is 5.54. The van der Waals surface area contributed by atoms with Gasteiger partial charge in [-0.1, -0.05) is 19.9 Å². The molecule has 2 nitrogen and oxygen atoms in total. The van der Waals surface area contributed by atoms with Gasteiger partial charge in [0.1, 0.15) is 0 Å². The normalized spacial score (nSPS) is 9.86. The summed E-state index contributed by atoms with van der Waals surface area (Å²) in [6.45, 7) is 5.62. The van der Waals surface area contributed by atoms with E-state index in [2.05, 4.69) is 19.9 Å². The average molecular weight is 193 g/mol. The topological polar surface area (TPSA) is 18.5 Å². The van der Waals surface area contributed by atoms with Gasteiger partial charge in [-0.05, 0) is 31.0 Å². The Kier molecular flexibility index (Phi) is 4.90. The molecule has 14 heavy (non-hydrogen) atoms. The van der Waals surface area contributed by atoms with Crippen molar-refractivity contribution in [3.63, 3.8) is 0 Å². The lowest BCUT2D eigenvalue weighted by Gasteiger charge is -2.10. The van der Waals surface area contributed by atoms with Crippen LogP contribution in [0.3, 0.4) is 0 Å². The van der Waals surface area contributed by atoms with E-state index in [1.807, 2.05) is 18.2 Å². The molecule has 0 saturated heterocycles. The number of rotatable bonds is 6. The van der Waals surface area contributed by atoms with E-state index in [4.69, 9.17) is 9.47 Å². The molecule has 2 heteroatoms. The smallest absolute Gasteiger partial charge is 0.161 e. The van der Waals surface area contributed by atoms with E-state index < -0.39 is 0 Å². The monoisotopic (exact) mass is 193 g/mol. The molecule has 1 radical (unpaired) electrons. The standard InChI is InChI=1S/C12H17O2/c1-3-9-13-11-7-5-6-8-12(11)14-10-4-2/h5,7-8H,3-4,9-10H2,1-2H3. The zero-order chi connectivity index (χ0) is 10.2. The predicted molar refractivity (Wildman–Crippen MR) is 56.9 cm³/mol. The molecule has 0 unspecified atom stereocenters. The van der Waals surface area contributed by atoms with E-state index in [-0.39, 0.29) is 0 Å². The minimum absolute atomic E-state index is 0.723. The van der Waals surface area contributed by atoms with E-state index in [9.17, 15) is 0 Å². The van der Waals surface area contributed by atoms with Crippen molar-refractivity contribution >= 4 is 0 Å². The van der Waals surface area contributed by atoms with E-state index in [1.165, 1.54) is 0 Å². The Bertz CT molecular complexity index is 231. The Labute approximate surface area is 85.8 Å². The van der Waals surface area contributed by atoms with E-state index in [0.29, 0.717) is 0 Å². The highest BCUT2D eigenvalue weighted by Gasteiger charge is 2.02. The maximum absolute atomic E-state index is 5.54. The van der Waals surface area contributed by atoms with Gasteiger partial charge in [-0.2, -0.15) is 0 Å². The molecular weight excluding hydrogens is 176 g/mol. The van der Waals surface area contributed by atoms with Crippen LogP contribution in [0.1, 0.15) is 26.7 Å². The van der Waals surface area contributed by atoms with Gasteiger partial charge in [0.05, 0.1) is 13.2 Å².